The van der Waals surface area contributed by atoms with Crippen LogP contribution < -0.4 is 5.32 Å². The zero-order chi connectivity index (χ0) is 22.6. The van der Waals surface area contributed by atoms with E-state index >= 15 is 0 Å². The van der Waals surface area contributed by atoms with E-state index in [9.17, 15) is 13.2 Å². The molecule has 7 nitrogen and oxygen atoms in total. The molecule has 32 heavy (non-hydrogen) atoms. The van der Waals surface area contributed by atoms with E-state index in [-0.39, 0.29) is 28.2 Å². The number of carbonyl (C=O) groups excluding carboxylic acids is 1. The maximum atomic E-state index is 12.9. The second kappa shape index (κ2) is 9.62. The third-order valence-electron chi connectivity index (χ3n) is 4.97. The maximum Gasteiger partial charge on any atom is 0.287 e. The molecule has 0 unspecified atom stereocenters. The van der Waals surface area contributed by atoms with Gasteiger partial charge in [-0.3, -0.25) is 4.79 Å². The minimum absolute atomic E-state index is 0.0634. The number of furan rings is 1. The molecule has 166 valence electrons. The molecule has 0 fully saturated rings. The van der Waals surface area contributed by atoms with Crippen LogP contribution in [0.1, 0.15) is 34.6 Å². The molecule has 0 aliphatic rings. The van der Waals surface area contributed by atoms with Crippen molar-refractivity contribution in [3.05, 3.63) is 84.1 Å². The van der Waals surface area contributed by atoms with Gasteiger partial charge in [0.15, 0.2) is 15.6 Å². The second-order valence-electron chi connectivity index (χ2n) is 7.28. The first-order valence-electron chi connectivity index (χ1n) is 10.1. The van der Waals surface area contributed by atoms with E-state index in [2.05, 4.69) is 15.3 Å². The largest absolute Gasteiger partial charge is 0.455 e. The van der Waals surface area contributed by atoms with Gasteiger partial charge in [0.25, 0.3) is 5.91 Å². The second-order valence-corrected chi connectivity index (χ2v) is 10.3. The lowest BCUT2D eigenvalue weighted by Crippen LogP contribution is -2.29. The summed E-state index contributed by atoms with van der Waals surface area (Å²) in [5.74, 6) is 1.05. The minimum Gasteiger partial charge on any atom is -0.455 e. The molecule has 0 aliphatic heterocycles. The lowest BCUT2D eigenvalue weighted by molar-refractivity contribution is 0.0904. The van der Waals surface area contributed by atoms with Gasteiger partial charge in [-0.1, -0.05) is 30.3 Å². The molecule has 0 spiro atoms. The van der Waals surface area contributed by atoms with Crippen molar-refractivity contribution in [2.24, 2.45) is 0 Å². The van der Waals surface area contributed by atoms with Gasteiger partial charge in [-0.25, -0.2) is 13.4 Å². The summed E-state index contributed by atoms with van der Waals surface area (Å²) in [6, 6.07) is 18.5. The highest BCUT2D eigenvalue weighted by Gasteiger charge is 2.23. The highest BCUT2D eigenvalue weighted by atomic mass is 32.2. The van der Waals surface area contributed by atoms with E-state index in [1.807, 2.05) is 30.5 Å². The molecular weight excluding hydrogens is 446 g/mol. The van der Waals surface area contributed by atoms with Crippen molar-refractivity contribution >= 4 is 38.5 Å². The van der Waals surface area contributed by atoms with Crippen molar-refractivity contribution in [2.75, 3.05) is 12.0 Å². The van der Waals surface area contributed by atoms with Gasteiger partial charge >= 0.3 is 0 Å². The molecule has 2 heterocycles. The van der Waals surface area contributed by atoms with Crippen LogP contribution in [-0.2, 0) is 15.6 Å². The number of hydrogen-bond donors (Lipinski definition) is 2. The number of nitrogens with zero attached hydrogens (tertiary/aromatic N) is 1. The quantitative estimate of drug-likeness (QED) is 0.377. The monoisotopic (exact) mass is 469 g/mol. The van der Waals surface area contributed by atoms with Crippen LogP contribution in [0.3, 0.4) is 0 Å². The van der Waals surface area contributed by atoms with Crippen molar-refractivity contribution in [1.82, 2.24) is 15.3 Å². The van der Waals surface area contributed by atoms with Gasteiger partial charge in [-0.05, 0) is 54.8 Å². The average molecular weight is 470 g/mol. The van der Waals surface area contributed by atoms with Crippen molar-refractivity contribution in [3.8, 4) is 0 Å². The number of aromatic amines is 1. The number of rotatable bonds is 9. The number of thioether (sulfide) groups is 1. The van der Waals surface area contributed by atoms with E-state index < -0.39 is 15.7 Å². The SMILES string of the molecule is CSCC[C@H](NC(=O)c1ccc(CS(=O)(=O)c2ccccc2)o1)c1nc2ccccc2[nH]1. The molecule has 1 atom stereocenters. The fraction of sp³-hybridized carbons (Fsp3) is 0.217. The lowest BCUT2D eigenvalue weighted by atomic mass is 10.2. The van der Waals surface area contributed by atoms with Crippen molar-refractivity contribution in [3.63, 3.8) is 0 Å². The summed E-state index contributed by atoms with van der Waals surface area (Å²) >= 11 is 1.68. The van der Waals surface area contributed by atoms with Gasteiger partial charge < -0.3 is 14.7 Å². The normalized spacial score (nSPS) is 12.7. The Labute approximate surface area is 190 Å². The Balaban J connectivity index is 1.50. The van der Waals surface area contributed by atoms with Gasteiger partial charge in [-0.15, -0.1) is 0 Å². The standard InChI is InChI=1S/C23H23N3O4S2/c1-31-14-13-20(22-24-18-9-5-6-10-19(18)25-22)26-23(27)21-12-11-16(30-21)15-32(28,29)17-7-3-2-4-8-17/h2-12,20H,13-15H2,1H3,(H,24,25)(H,26,27)/t20-/m0/s1. The van der Waals surface area contributed by atoms with Crippen molar-refractivity contribution in [2.45, 2.75) is 23.1 Å². The summed E-state index contributed by atoms with van der Waals surface area (Å²) in [7, 11) is -3.56. The fourth-order valence-corrected chi connectivity index (χ4v) is 5.10. The van der Waals surface area contributed by atoms with Crippen LogP contribution in [0.4, 0.5) is 0 Å². The predicted molar refractivity (Wildman–Crippen MR) is 125 cm³/mol. The maximum absolute atomic E-state index is 12.9. The number of fused-ring (bicyclic) bond motifs is 1. The van der Waals surface area contributed by atoms with E-state index in [1.165, 1.54) is 24.3 Å². The number of benzene rings is 2. The van der Waals surface area contributed by atoms with E-state index in [1.54, 1.807) is 30.0 Å². The highest BCUT2D eigenvalue weighted by Crippen LogP contribution is 2.22. The number of nitrogens with one attached hydrogen (secondary N) is 2. The molecule has 2 aromatic heterocycles. The van der Waals surface area contributed by atoms with Crippen LogP contribution in [0.15, 0.2) is 76.0 Å². The van der Waals surface area contributed by atoms with Gasteiger partial charge in [0.2, 0.25) is 0 Å². The van der Waals surface area contributed by atoms with Crippen molar-refractivity contribution < 1.29 is 17.6 Å². The van der Waals surface area contributed by atoms with Crippen LogP contribution in [0.25, 0.3) is 11.0 Å². The summed E-state index contributed by atoms with van der Waals surface area (Å²) in [6.07, 6.45) is 2.69. The first kappa shape index (κ1) is 22.2. The Hall–Kier alpha value is -3.04. The average Bonchev–Trinajstić information content (AvgIpc) is 3.44. The number of aromatic nitrogens is 2. The molecule has 1 amide bonds. The minimum atomic E-state index is -3.56. The molecule has 9 heteroatoms. The first-order valence-corrected chi connectivity index (χ1v) is 13.1. The molecule has 0 radical (unpaired) electrons. The van der Waals surface area contributed by atoms with Crippen LogP contribution in [-0.4, -0.2) is 36.3 Å². The van der Waals surface area contributed by atoms with Gasteiger partial charge in [0.1, 0.15) is 17.3 Å². The Morgan fingerprint density at radius 1 is 1.09 bits per heavy atom. The van der Waals surface area contributed by atoms with E-state index in [0.717, 1.165) is 16.8 Å². The number of para-hydroxylation sites is 2. The Morgan fingerprint density at radius 2 is 1.84 bits per heavy atom. The first-order chi connectivity index (χ1) is 15.5. The highest BCUT2D eigenvalue weighted by molar-refractivity contribution is 7.98. The molecular formula is C23H23N3O4S2. The summed E-state index contributed by atoms with van der Waals surface area (Å²) < 4.78 is 30.7. The summed E-state index contributed by atoms with van der Waals surface area (Å²) in [4.78, 5) is 20.9. The topological polar surface area (TPSA) is 105 Å². The molecule has 2 N–H and O–H groups in total. The summed E-state index contributed by atoms with van der Waals surface area (Å²) in [5.41, 5.74) is 1.73. The number of amides is 1. The molecule has 4 aromatic rings. The number of hydrogen-bond acceptors (Lipinski definition) is 6. The number of H-pyrrole nitrogens is 1. The zero-order valence-electron chi connectivity index (χ0n) is 17.4. The van der Waals surface area contributed by atoms with Crippen LogP contribution in [0.5, 0.6) is 0 Å². The molecule has 0 saturated carbocycles. The molecule has 0 saturated heterocycles. The van der Waals surface area contributed by atoms with Crippen molar-refractivity contribution in [1.29, 1.82) is 0 Å². The Morgan fingerprint density at radius 3 is 2.59 bits per heavy atom. The molecule has 4 rings (SSSR count). The van der Waals surface area contributed by atoms with Crippen LogP contribution in [0, 0.1) is 0 Å². The van der Waals surface area contributed by atoms with Gasteiger partial charge in [-0.2, -0.15) is 11.8 Å². The lowest BCUT2D eigenvalue weighted by Gasteiger charge is -2.15. The third kappa shape index (κ3) is 5.05. The Bertz CT molecular complexity index is 1280. The summed E-state index contributed by atoms with van der Waals surface area (Å²) in [5, 5.41) is 2.96. The molecule has 0 aliphatic carbocycles. The van der Waals surface area contributed by atoms with Gasteiger partial charge in [0, 0.05) is 0 Å². The van der Waals surface area contributed by atoms with E-state index in [0.29, 0.717) is 12.2 Å². The van der Waals surface area contributed by atoms with E-state index in [4.69, 9.17) is 4.42 Å². The Kier molecular flexibility index (Phi) is 6.66. The van der Waals surface area contributed by atoms with Gasteiger partial charge in [0.05, 0.1) is 22.0 Å². The summed E-state index contributed by atoms with van der Waals surface area (Å²) in [6.45, 7) is 0. The van der Waals surface area contributed by atoms with Crippen LogP contribution >= 0.6 is 11.8 Å². The zero-order valence-corrected chi connectivity index (χ0v) is 19.1. The fourth-order valence-electron chi connectivity index (χ4n) is 3.36. The predicted octanol–water partition coefficient (Wildman–Crippen LogP) is 4.35. The molecule has 2 aromatic carbocycles. The number of sulfone groups is 1. The number of carbonyl (C=O) groups is 1. The van der Waals surface area contributed by atoms with Crippen LogP contribution in [0.2, 0.25) is 0 Å². The number of imidazole rings is 1. The third-order valence-corrected chi connectivity index (χ3v) is 7.27. The molecule has 0 bridgehead atoms. The smallest absolute Gasteiger partial charge is 0.287 e.